The van der Waals surface area contributed by atoms with E-state index in [-0.39, 0.29) is 0 Å². The average molecular weight is 158 g/mol. The van der Waals surface area contributed by atoms with Crippen LogP contribution in [0.2, 0.25) is 0 Å². The number of rotatable bonds is 2. The second kappa shape index (κ2) is 3.70. The molecule has 0 saturated carbocycles. The highest BCUT2D eigenvalue weighted by atomic mass is 16.1. The normalized spacial score (nSPS) is 8.75. The van der Waals surface area contributed by atoms with Gasteiger partial charge in [0.05, 0.1) is 0 Å². The molecule has 0 unspecified atom stereocenters. The van der Waals surface area contributed by atoms with Gasteiger partial charge in [-0.15, -0.1) is 5.73 Å². The second-order valence-corrected chi connectivity index (χ2v) is 2.54. The van der Waals surface area contributed by atoms with E-state index in [4.69, 9.17) is 0 Å². The predicted octanol–water partition coefficient (Wildman–Crippen LogP) is 2.69. The number of hydrogen-bond donors (Lipinski definition) is 0. The van der Waals surface area contributed by atoms with E-state index in [0.717, 1.165) is 17.4 Å². The summed E-state index contributed by atoms with van der Waals surface area (Å²) >= 11 is 0. The number of benzene rings is 1. The maximum absolute atomic E-state index is 10.3. The van der Waals surface area contributed by atoms with Crippen LogP contribution in [0.4, 0.5) is 0 Å². The van der Waals surface area contributed by atoms with E-state index in [1.54, 1.807) is 12.1 Å². The van der Waals surface area contributed by atoms with Crippen molar-refractivity contribution in [2.75, 3.05) is 0 Å². The first-order valence-electron chi connectivity index (χ1n) is 3.70. The molecule has 1 rings (SSSR count). The average Bonchev–Trinajstić information content (AvgIpc) is 2.17. The number of carbonyl (C=O) groups is 1. The lowest BCUT2D eigenvalue weighted by Gasteiger charge is -1.97. The van der Waals surface area contributed by atoms with Crippen LogP contribution in [-0.4, -0.2) is 6.29 Å². The topological polar surface area (TPSA) is 17.1 Å². The largest absolute Gasteiger partial charge is 0.298 e. The smallest absolute Gasteiger partial charge is 0.150 e. The highest BCUT2D eigenvalue weighted by Crippen LogP contribution is 2.11. The molecule has 0 spiro atoms. The fraction of sp³-hybridized carbons (Fsp3) is 0.0909. The minimum Gasteiger partial charge on any atom is -0.298 e. The molecule has 0 radical (unpaired) electrons. The number of hydrogen-bond acceptors (Lipinski definition) is 1. The van der Waals surface area contributed by atoms with Gasteiger partial charge in [0.15, 0.2) is 0 Å². The molecule has 60 valence electrons. The lowest BCUT2D eigenvalue weighted by molar-refractivity contribution is 0.112. The maximum atomic E-state index is 10.3. The van der Waals surface area contributed by atoms with Crippen LogP contribution in [0.5, 0.6) is 0 Å². The van der Waals surface area contributed by atoms with Gasteiger partial charge in [0, 0.05) is 5.56 Å². The van der Waals surface area contributed by atoms with Gasteiger partial charge in [0.2, 0.25) is 0 Å². The van der Waals surface area contributed by atoms with Gasteiger partial charge in [-0.1, -0.05) is 30.8 Å². The molecule has 0 fully saturated rings. The molecule has 0 aliphatic carbocycles. The third kappa shape index (κ3) is 1.71. The van der Waals surface area contributed by atoms with Crippen LogP contribution < -0.4 is 0 Å². The molecule has 1 nitrogen and oxygen atoms in total. The summed E-state index contributed by atoms with van der Waals surface area (Å²) in [7, 11) is 0. The van der Waals surface area contributed by atoms with E-state index in [1.165, 1.54) is 0 Å². The summed E-state index contributed by atoms with van der Waals surface area (Å²) in [5.74, 6) is 0. The van der Waals surface area contributed by atoms with Gasteiger partial charge < -0.3 is 0 Å². The Balaban J connectivity index is 3.07. The molecule has 0 atom stereocenters. The van der Waals surface area contributed by atoms with Crippen molar-refractivity contribution in [3.05, 3.63) is 47.7 Å². The summed E-state index contributed by atoms with van der Waals surface area (Å²) in [6.07, 6.45) is 0.830. The van der Waals surface area contributed by atoms with Crippen molar-refractivity contribution in [3.63, 3.8) is 0 Å². The molecule has 0 saturated heterocycles. The molecular formula is C11H10O. The fourth-order valence-corrected chi connectivity index (χ4v) is 0.914. The molecule has 12 heavy (non-hydrogen) atoms. The van der Waals surface area contributed by atoms with Gasteiger partial charge in [-0.25, -0.2) is 0 Å². The Morgan fingerprint density at radius 1 is 1.42 bits per heavy atom. The Hall–Kier alpha value is -1.59. The van der Waals surface area contributed by atoms with Crippen LogP contribution >= 0.6 is 0 Å². The zero-order valence-electron chi connectivity index (χ0n) is 7.00. The molecule has 0 amide bonds. The minimum absolute atomic E-state index is 0.690. The van der Waals surface area contributed by atoms with Crippen molar-refractivity contribution in [3.8, 4) is 0 Å². The monoisotopic (exact) mass is 158 g/mol. The van der Waals surface area contributed by atoms with Gasteiger partial charge in [0.25, 0.3) is 0 Å². The van der Waals surface area contributed by atoms with Crippen molar-refractivity contribution >= 4 is 11.9 Å². The van der Waals surface area contributed by atoms with Crippen molar-refractivity contribution in [2.45, 2.75) is 6.92 Å². The second-order valence-electron chi connectivity index (χ2n) is 2.54. The number of carbonyl (C=O) groups excluding carboxylic acids is 1. The van der Waals surface area contributed by atoms with Crippen molar-refractivity contribution in [2.24, 2.45) is 0 Å². The van der Waals surface area contributed by atoms with Crippen LogP contribution in [0.1, 0.15) is 22.8 Å². The Kier molecular flexibility index (Phi) is 2.62. The van der Waals surface area contributed by atoms with Crippen LogP contribution in [-0.2, 0) is 0 Å². The van der Waals surface area contributed by atoms with E-state index < -0.39 is 0 Å². The predicted molar refractivity (Wildman–Crippen MR) is 50.1 cm³/mol. The van der Waals surface area contributed by atoms with Crippen LogP contribution in [0.25, 0.3) is 5.57 Å². The minimum atomic E-state index is 0.690. The van der Waals surface area contributed by atoms with E-state index in [1.807, 2.05) is 19.1 Å². The van der Waals surface area contributed by atoms with Crippen LogP contribution in [0, 0.1) is 0 Å². The summed E-state index contributed by atoms with van der Waals surface area (Å²) in [6, 6.07) is 7.33. The first-order chi connectivity index (χ1) is 5.77. The van der Waals surface area contributed by atoms with Crippen molar-refractivity contribution in [1.29, 1.82) is 0 Å². The van der Waals surface area contributed by atoms with E-state index in [0.29, 0.717) is 5.56 Å². The fourth-order valence-electron chi connectivity index (χ4n) is 0.914. The zero-order valence-corrected chi connectivity index (χ0v) is 7.00. The van der Waals surface area contributed by atoms with Gasteiger partial charge in [-0.05, 0) is 18.1 Å². The quantitative estimate of drug-likeness (QED) is 0.477. The Bertz CT molecular complexity index is 327. The third-order valence-electron chi connectivity index (χ3n) is 1.74. The molecule has 0 aliphatic rings. The molecule has 0 aromatic heterocycles. The summed E-state index contributed by atoms with van der Waals surface area (Å²) in [5.41, 5.74) is 5.53. The van der Waals surface area contributed by atoms with Crippen molar-refractivity contribution in [1.82, 2.24) is 0 Å². The van der Waals surface area contributed by atoms with Crippen LogP contribution in [0.15, 0.2) is 36.6 Å². The van der Waals surface area contributed by atoms with Crippen molar-refractivity contribution < 1.29 is 4.79 Å². The molecule has 1 aromatic rings. The highest BCUT2D eigenvalue weighted by Gasteiger charge is 1.93. The lowest BCUT2D eigenvalue weighted by atomic mass is 10.1. The molecule has 0 N–H and O–H groups in total. The molecule has 1 aromatic carbocycles. The Morgan fingerprint density at radius 2 is 2.00 bits per heavy atom. The first-order valence-corrected chi connectivity index (χ1v) is 3.70. The van der Waals surface area contributed by atoms with Gasteiger partial charge in [-0.3, -0.25) is 4.79 Å². The summed E-state index contributed by atoms with van der Waals surface area (Å²) in [6.45, 7) is 5.48. The maximum Gasteiger partial charge on any atom is 0.150 e. The van der Waals surface area contributed by atoms with Gasteiger partial charge in [-0.2, -0.15) is 0 Å². The Morgan fingerprint density at radius 3 is 2.42 bits per heavy atom. The van der Waals surface area contributed by atoms with Crippen LogP contribution in [0.3, 0.4) is 0 Å². The lowest BCUT2D eigenvalue weighted by Crippen LogP contribution is -1.81. The van der Waals surface area contributed by atoms with E-state index in [2.05, 4.69) is 12.3 Å². The summed E-state index contributed by atoms with van der Waals surface area (Å²) in [5, 5.41) is 0. The molecule has 0 bridgehead atoms. The highest BCUT2D eigenvalue weighted by molar-refractivity contribution is 5.76. The zero-order chi connectivity index (χ0) is 8.97. The summed E-state index contributed by atoms with van der Waals surface area (Å²) < 4.78 is 0. The molecule has 0 heterocycles. The summed E-state index contributed by atoms with van der Waals surface area (Å²) in [4.78, 5) is 10.3. The van der Waals surface area contributed by atoms with Gasteiger partial charge in [0.1, 0.15) is 6.29 Å². The van der Waals surface area contributed by atoms with E-state index in [9.17, 15) is 4.79 Å². The number of aldehydes is 1. The molecule has 1 heteroatoms. The SMILES string of the molecule is C=C=C(C)c1ccc(C=O)cc1. The molecule has 0 aliphatic heterocycles. The third-order valence-corrected chi connectivity index (χ3v) is 1.74. The standard InChI is InChI=1S/C11H10O/c1-3-9(2)11-6-4-10(8-12)5-7-11/h4-8H,1H2,2H3. The van der Waals surface area contributed by atoms with Gasteiger partial charge >= 0.3 is 0 Å². The van der Waals surface area contributed by atoms with E-state index >= 15 is 0 Å². The first kappa shape index (κ1) is 8.51. The number of allylic oxidation sites excluding steroid dienone is 1. The Labute approximate surface area is 72.0 Å². The molecular weight excluding hydrogens is 148 g/mol.